The Morgan fingerprint density at radius 3 is 2.78 bits per heavy atom. The zero-order chi connectivity index (χ0) is 13.7. The van der Waals surface area contributed by atoms with E-state index >= 15 is 0 Å². The summed E-state index contributed by atoms with van der Waals surface area (Å²) in [6, 6.07) is 0.116. The fourth-order valence-corrected chi connectivity index (χ4v) is 1.68. The average Bonchev–Trinajstić information content (AvgIpc) is 2.66. The Morgan fingerprint density at radius 2 is 2.22 bits per heavy atom. The van der Waals surface area contributed by atoms with Crippen LogP contribution in [-0.2, 0) is 0 Å². The summed E-state index contributed by atoms with van der Waals surface area (Å²) in [6.45, 7) is 5.52. The first kappa shape index (κ1) is 14.5. The van der Waals surface area contributed by atoms with Gasteiger partial charge in [-0.2, -0.15) is 5.10 Å². The SMILES string of the molecule is CC(C)n1ncc(N)c1C(=O)NCCCN(C)C. The first-order chi connectivity index (χ1) is 8.43. The summed E-state index contributed by atoms with van der Waals surface area (Å²) < 4.78 is 1.65. The zero-order valence-electron chi connectivity index (χ0n) is 11.6. The van der Waals surface area contributed by atoms with Gasteiger partial charge in [0.05, 0.1) is 11.9 Å². The van der Waals surface area contributed by atoms with Crippen LogP contribution in [0.1, 0.15) is 36.8 Å². The van der Waals surface area contributed by atoms with Gasteiger partial charge in [-0.1, -0.05) is 0 Å². The third-order valence-electron chi connectivity index (χ3n) is 2.60. The lowest BCUT2D eigenvalue weighted by Crippen LogP contribution is -2.30. The third kappa shape index (κ3) is 3.73. The zero-order valence-corrected chi connectivity index (χ0v) is 11.6. The molecule has 1 heterocycles. The number of nitrogen functional groups attached to an aromatic ring is 1. The van der Waals surface area contributed by atoms with Gasteiger partial charge in [-0.3, -0.25) is 9.48 Å². The van der Waals surface area contributed by atoms with Crippen molar-refractivity contribution in [1.82, 2.24) is 20.0 Å². The number of carbonyl (C=O) groups excluding carboxylic acids is 1. The van der Waals surface area contributed by atoms with Gasteiger partial charge in [-0.15, -0.1) is 0 Å². The molecule has 6 heteroatoms. The number of nitrogens with zero attached hydrogens (tertiary/aromatic N) is 3. The predicted molar refractivity (Wildman–Crippen MR) is 72.5 cm³/mol. The monoisotopic (exact) mass is 253 g/mol. The number of aromatic nitrogens is 2. The van der Waals surface area contributed by atoms with Gasteiger partial charge < -0.3 is 16.0 Å². The maximum Gasteiger partial charge on any atom is 0.271 e. The lowest BCUT2D eigenvalue weighted by Gasteiger charge is -2.13. The van der Waals surface area contributed by atoms with Gasteiger partial charge in [0.25, 0.3) is 5.91 Å². The lowest BCUT2D eigenvalue weighted by atomic mass is 10.3. The molecule has 1 aromatic heterocycles. The number of carbonyl (C=O) groups is 1. The van der Waals surface area contributed by atoms with Gasteiger partial charge in [0, 0.05) is 12.6 Å². The second kappa shape index (κ2) is 6.39. The van der Waals surface area contributed by atoms with E-state index in [4.69, 9.17) is 5.73 Å². The van der Waals surface area contributed by atoms with E-state index in [1.165, 1.54) is 6.20 Å². The predicted octanol–water partition coefficient (Wildman–Crippen LogP) is 0.728. The molecule has 1 rings (SSSR count). The molecule has 0 bridgehead atoms. The second-order valence-electron chi connectivity index (χ2n) is 4.90. The smallest absolute Gasteiger partial charge is 0.271 e. The van der Waals surface area contributed by atoms with Crippen molar-refractivity contribution in [2.75, 3.05) is 32.9 Å². The molecule has 0 aliphatic carbocycles. The molecule has 18 heavy (non-hydrogen) atoms. The molecule has 1 aromatic rings. The van der Waals surface area contributed by atoms with Crippen molar-refractivity contribution in [1.29, 1.82) is 0 Å². The van der Waals surface area contributed by atoms with E-state index in [0.29, 0.717) is 17.9 Å². The average molecular weight is 253 g/mol. The Morgan fingerprint density at radius 1 is 1.56 bits per heavy atom. The molecule has 6 nitrogen and oxygen atoms in total. The number of amides is 1. The molecule has 0 saturated carbocycles. The van der Waals surface area contributed by atoms with Gasteiger partial charge in [-0.25, -0.2) is 0 Å². The molecule has 1 amide bonds. The van der Waals surface area contributed by atoms with Crippen LogP contribution >= 0.6 is 0 Å². The molecule has 0 fully saturated rings. The van der Waals surface area contributed by atoms with Gasteiger partial charge in [0.2, 0.25) is 0 Å². The fraction of sp³-hybridized carbons (Fsp3) is 0.667. The highest BCUT2D eigenvalue weighted by atomic mass is 16.2. The molecule has 3 N–H and O–H groups in total. The van der Waals surface area contributed by atoms with E-state index in [-0.39, 0.29) is 11.9 Å². The van der Waals surface area contributed by atoms with Crippen molar-refractivity contribution in [3.8, 4) is 0 Å². The number of hydrogen-bond donors (Lipinski definition) is 2. The van der Waals surface area contributed by atoms with Crippen LogP contribution in [0.5, 0.6) is 0 Å². The first-order valence-corrected chi connectivity index (χ1v) is 6.19. The maximum absolute atomic E-state index is 12.0. The Kier molecular flexibility index (Phi) is 5.15. The minimum atomic E-state index is -0.155. The van der Waals surface area contributed by atoms with Crippen LogP contribution in [0.3, 0.4) is 0 Å². The standard InChI is InChI=1S/C12H23N5O/c1-9(2)17-11(10(13)8-15-17)12(18)14-6-5-7-16(3)4/h8-9H,5-7,13H2,1-4H3,(H,14,18). The lowest BCUT2D eigenvalue weighted by molar-refractivity contribution is 0.0940. The van der Waals surface area contributed by atoms with E-state index in [1.807, 2.05) is 27.9 Å². The van der Waals surface area contributed by atoms with Crippen LogP contribution in [0.15, 0.2) is 6.20 Å². The molecule has 0 radical (unpaired) electrons. The Labute approximate surface area is 108 Å². The van der Waals surface area contributed by atoms with E-state index in [9.17, 15) is 4.79 Å². The summed E-state index contributed by atoms with van der Waals surface area (Å²) in [6.07, 6.45) is 2.43. The molecule has 0 aliphatic heterocycles. The van der Waals surface area contributed by atoms with Crippen LogP contribution in [0.4, 0.5) is 5.69 Å². The molecule has 0 aromatic carbocycles. The van der Waals surface area contributed by atoms with Gasteiger partial charge in [0.15, 0.2) is 0 Å². The molecule has 0 atom stereocenters. The molecule has 0 aliphatic rings. The minimum Gasteiger partial charge on any atom is -0.396 e. The highest BCUT2D eigenvalue weighted by Gasteiger charge is 2.17. The van der Waals surface area contributed by atoms with Crippen molar-refractivity contribution in [2.24, 2.45) is 0 Å². The topological polar surface area (TPSA) is 76.2 Å². The summed E-state index contributed by atoms with van der Waals surface area (Å²) in [5, 5.41) is 6.99. The summed E-state index contributed by atoms with van der Waals surface area (Å²) in [7, 11) is 4.02. The summed E-state index contributed by atoms with van der Waals surface area (Å²) in [4.78, 5) is 14.1. The molecule has 0 unspecified atom stereocenters. The van der Waals surface area contributed by atoms with Crippen molar-refractivity contribution in [3.63, 3.8) is 0 Å². The molecule has 0 saturated heterocycles. The van der Waals surface area contributed by atoms with Gasteiger partial charge >= 0.3 is 0 Å². The first-order valence-electron chi connectivity index (χ1n) is 6.19. The highest BCUT2D eigenvalue weighted by Crippen LogP contribution is 2.15. The molecular weight excluding hydrogens is 230 g/mol. The molecule has 0 spiro atoms. The van der Waals surface area contributed by atoms with Crippen LogP contribution < -0.4 is 11.1 Å². The maximum atomic E-state index is 12.0. The number of rotatable bonds is 6. The Hall–Kier alpha value is -1.56. The number of anilines is 1. The third-order valence-corrected chi connectivity index (χ3v) is 2.60. The van der Waals surface area contributed by atoms with E-state index < -0.39 is 0 Å². The highest BCUT2D eigenvalue weighted by molar-refractivity contribution is 5.97. The van der Waals surface area contributed by atoms with Gasteiger partial charge in [-0.05, 0) is 40.9 Å². The minimum absolute atomic E-state index is 0.116. The normalized spacial score (nSPS) is 11.2. The number of nitrogens with one attached hydrogen (secondary N) is 1. The van der Waals surface area contributed by atoms with Crippen LogP contribution in [0.25, 0.3) is 0 Å². The number of nitrogens with two attached hydrogens (primary N) is 1. The largest absolute Gasteiger partial charge is 0.396 e. The summed E-state index contributed by atoms with van der Waals surface area (Å²) in [5.74, 6) is -0.155. The van der Waals surface area contributed by atoms with Crippen LogP contribution in [0, 0.1) is 0 Å². The number of hydrogen-bond acceptors (Lipinski definition) is 4. The van der Waals surface area contributed by atoms with Crippen molar-refractivity contribution in [2.45, 2.75) is 26.3 Å². The van der Waals surface area contributed by atoms with E-state index in [1.54, 1.807) is 4.68 Å². The van der Waals surface area contributed by atoms with Crippen molar-refractivity contribution < 1.29 is 4.79 Å². The summed E-state index contributed by atoms with van der Waals surface area (Å²) in [5.41, 5.74) is 6.66. The van der Waals surface area contributed by atoms with Crippen LogP contribution in [-0.4, -0.2) is 47.8 Å². The fourth-order valence-electron chi connectivity index (χ4n) is 1.68. The second-order valence-corrected chi connectivity index (χ2v) is 4.90. The molecule has 102 valence electrons. The molecular formula is C12H23N5O. The van der Waals surface area contributed by atoms with E-state index in [2.05, 4.69) is 15.3 Å². The Bertz CT molecular complexity index is 397. The van der Waals surface area contributed by atoms with Crippen molar-refractivity contribution >= 4 is 11.6 Å². The van der Waals surface area contributed by atoms with E-state index in [0.717, 1.165) is 13.0 Å². The van der Waals surface area contributed by atoms with Gasteiger partial charge in [0.1, 0.15) is 5.69 Å². The van der Waals surface area contributed by atoms with Crippen molar-refractivity contribution in [3.05, 3.63) is 11.9 Å². The Balaban J connectivity index is 2.58. The quantitative estimate of drug-likeness (QED) is 0.733. The summed E-state index contributed by atoms with van der Waals surface area (Å²) >= 11 is 0. The van der Waals surface area contributed by atoms with Crippen LogP contribution in [0.2, 0.25) is 0 Å².